The Kier molecular flexibility index (Phi) is 10.1. The lowest BCUT2D eigenvalue weighted by Crippen LogP contribution is -2.38. The highest BCUT2D eigenvalue weighted by atomic mass is 32.2. The average molecular weight is 581 g/mol. The zero-order valence-corrected chi connectivity index (χ0v) is 23.7. The van der Waals surface area contributed by atoms with Gasteiger partial charge in [-0.05, 0) is 42.3 Å². The number of carbonyl (C=O) groups excluding carboxylic acids is 2. The van der Waals surface area contributed by atoms with Gasteiger partial charge in [-0.25, -0.2) is 9.78 Å². The Morgan fingerprint density at radius 1 is 1.05 bits per heavy atom. The average Bonchev–Trinajstić information content (AvgIpc) is 2.97. The summed E-state index contributed by atoms with van der Waals surface area (Å²) in [4.78, 5) is 39.4. The van der Waals surface area contributed by atoms with E-state index in [4.69, 9.17) is 14.2 Å². The maximum Gasteiger partial charge on any atom is 0.338 e. The predicted octanol–water partition coefficient (Wildman–Crippen LogP) is 4.75. The van der Waals surface area contributed by atoms with Gasteiger partial charge < -0.3 is 29.7 Å². The van der Waals surface area contributed by atoms with Crippen LogP contribution in [0.2, 0.25) is 0 Å². The highest BCUT2D eigenvalue weighted by Gasteiger charge is 2.38. The number of pyridine rings is 1. The number of amides is 1. The number of thioether (sulfide) groups is 1. The molecule has 4 rings (SSSR count). The normalized spacial score (nSPS) is 21.1. The number of hydrogen-bond donors (Lipinski definition) is 3. The molecule has 1 aromatic heterocycles. The van der Waals surface area contributed by atoms with Gasteiger partial charge in [-0.1, -0.05) is 43.3 Å². The summed E-state index contributed by atoms with van der Waals surface area (Å²) in [5.74, 6) is -1.70. The van der Waals surface area contributed by atoms with E-state index >= 15 is 0 Å². The van der Waals surface area contributed by atoms with Crippen LogP contribution in [-0.4, -0.2) is 51.0 Å². The third-order valence-corrected chi connectivity index (χ3v) is 7.77. The van der Waals surface area contributed by atoms with Crippen LogP contribution in [0.15, 0.2) is 71.9 Å². The van der Waals surface area contributed by atoms with Crippen molar-refractivity contribution in [2.75, 3.05) is 11.1 Å². The molecule has 3 aromatic rings. The molecule has 0 saturated carbocycles. The van der Waals surface area contributed by atoms with E-state index in [0.29, 0.717) is 16.5 Å². The standard InChI is InChI=1S/C30H32N2O8S/c1-17-25(16-41-28-24(29(36)37)5-4-14-31-28)39-30(40-26(17)21-8-6-20(15-33)7-9-21)22-10-12-23(13-11-22)32-27(35)18(2)38-19(3)34/h4-14,17-18,25-26,30,33H,15-16H2,1-3H3,(H,32,35)(H,36,37)/t17-,18-,25+,26+,30+/m0/s1. The summed E-state index contributed by atoms with van der Waals surface area (Å²) < 4.78 is 17.8. The number of benzene rings is 2. The second-order valence-corrected chi connectivity index (χ2v) is 10.7. The monoisotopic (exact) mass is 580 g/mol. The minimum Gasteiger partial charge on any atom is -0.478 e. The van der Waals surface area contributed by atoms with Crippen LogP contribution in [0.1, 0.15) is 60.2 Å². The summed E-state index contributed by atoms with van der Waals surface area (Å²) in [5.41, 5.74) is 3.07. The van der Waals surface area contributed by atoms with Crippen LogP contribution in [0.3, 0.4) is 0 Å². The molecule has 1 amide bonds. The van der Waals surface area contributed by atoms with Gasteiger partial charge in [0.05, 0.1) is 24.4 Å². The van der Waals surface area contributed by atoms with Gasteiger partial charge in [0, 0.05) is 36.0 Å². The lowest BCUT2D eigenvalue weighted by atomic mass is 9.91. The van der Waals surface area contributed by atoms with Crippen molar-refractivity contribution in [2.45, 2.75) is 57.0 Å². The van der Waals surface area contributed by atoms with Gasteiger partial charge in [0.25, 0.3) is 5.91 Å². The van der Waals surface area contributed by atoms with Crippen LogP contribution < -0.4 is 5.32 Å². The minimum atomic E-state index is -1.05. The molecule has 5 atom stereocenters. The fraction of sp³-hybridized carbons (Fsp3) is 0.333. The van der Waals surface area contributed by atoms with Gasteiger partial charge in [-0.2, -0.15) is 0 Å². The number of nitrogens with zero attached hydrogens (tertiary/aromatic N) is 1. The van der Waals surface area contributed by atoms with Gasteiger partial charge in [-0.15, -0.1) is 11.8 Å². The molecule has 0 unspecified atom stereocenters. The van der Waals surface area contributed by atoms with Gasteiger partial charge >= 0.3 is 11.9 Å². The molecule has 0 aliphatic carbocycles. The third kappa shape index (κ3) is 7.70. The highest BCUT2D eigenvalue weighted by molar-refractivity contribution is 7.99. The summed E-state index contributed by atoms with van der Waals surface area (Å²) in [6.07, 6.45) is -0.792. The fourth-order valence-corrected chi connectivity index (χ4v) is 5.56. The second kappa shape index (κ2) is 13.7. The Morgan fingerprint density at radius 3 is 2.37 bits per heavy atom. The number of anilines is 1. The molecule has 1 aliphatic heterocycles. The second-order valence-electron chi connectivity index (χ2n) is 9.66. The van der Waals surface area contributed by atoms with E-state index in [1.54, 1.807) is 36.5 Å². The SMILES string of the molecule is CC(=O)O[C@@H](C)C(=O)Nc1ccc([C@@H]2O[C@H](CSc3ncccc3C(=O)O)[C@H](C)[C@H](c3ccc(CO)cc3)O2)cc1. The number of carboxylic acid groups (broad SMARTS) is 1. The molecule has 1 aliphatic rings. The molecular formula is C30H32N2O8S. The molecule has 1 fully saturated rings. The summed E-state index contributed by atoms with van der Waals surface area (Å²) >= 11 is 1.31. The Labute approximate surface area is 242 Å². The van der Waals surface area contributed by atoms with Crippen LogP contribution >= 0.6 is 11.8 Å². The molecule has 41 heavy (non-hydrogen) atoms. The van der Waals surface area contributed by atoms with Crippen molar-refractivity contribution in [3.8, 4) is 0 Å². The molecule has 0 spiro atoms. The Bertz CT molecular complexity index is 1370. The van der Waals surface area contributed by atoms with Crippen LogP contribution in [0.25, 0.3) is 0 Å². The molecule has 2 heterocycles. The molecule has 1 saturated heterocycles. The Hall–Kier alpha value is -3.77. The molecule has 0 radical (unpaired) electrons. The molecule has 0 bridgehead atoms. The van der Waals surface area contributed by atoms with Crippen LogP contribution in [0.4, 0.5) is 5.69 Å². The lowest BCUT2D eigenvalue weighted by Gasteiger charge is -2.41. The molecule has 2 aromatic carbocycles. The minimum absolute atomic E-state index is 0.0646. The number of ether oxygens (including phenoxy) is 3. The van der Waals surface area contributed by atoms with Crippen molar-refractivity contribution in [3.63, 3.8) is 0 Å². The number of hydrogen-bond acceptors (Lipinski definition) is 9. The third-order valence-electron chi connectivity index (χ3n) is 6.67. The number of aromatic carboxylic acids is 1. The summed E-state index contributed by atoms with van der Waals surface area (Å²) in [5, 5.41) is 22.1. The van der Waals surface area contributed by atoms with Crippen molar-refractivity contribution >= 4 is 35.3 Å². The van der Waals surface area contributed by atoms with Gasteiger partial charge in [-0.3, -0.25) is 9.59 Å². The van der Waals surface area contributed by atoms with Crippen molar-refractivity contribution in [3.05, 3.63) is 89.1 Å². The largest absolute Gasteiger partial charge is 0.478 e. The molecule has 216 valence electrons. The zero-order valence-electron chi connectivity index (χ0n) is 22.9. The van der Waals surface area contributed by atoms with Crippen molar-refractivity contribution in [1.29, 1.82) is 0 Å². The zero-order chi connectivity index (χ0) is 29.5. The smallest absolute Gasteiger partial charge is 0.338 e. The quantitative estimate of drug-likeness (QED) is 0.227. The maximum atomic E-state index is 12.3. The van der Waals surface area contributed by atoms with Gasteiger partial charge in [0.1, 0.15) is 5.03 Å². The molecule has 10 nitrogen and oxygen atoms in total. The first-order valence-electron chi connectivity index (χ1n) is 13.1. The number of rotatable bonds is 10. The first kappa shape index (κ1) is 30.2. The van der Waals surface area contributed by atoms with Crippen LogP contribution in [0, 0.1) is 5.92 Å². The summed E-state index contributed by atoms with van der Waals surface area (Å²) in [6, 6.07) is 17.6. The van der Waals surface area contributed by atoms with Crippen LogP contribution in [0.5, 0.6) is 0 Å². The summed E-state index contributed by atoms with van der Waals surface area (Å²) in [7, 11) is 0. The van der Waals surface area contributed by atoms with Crippen molar-refractivity contribution < 1.29 is 38.8 Å². The number of nitrogens with one attached hydrogen (secondary N) is 1. The molecule has 11 heteroatoms. The van der Waals surface area contributed by atoms with Gasteiger partial charge in [0.2, 0.25) is 0 Å². The number of esters is 1. The van der Waals surface area contributed by atoms with Crippen molar-refractivity contribution in [2.24, 2.45) is 5.92 Å². The van der Waals surface area contributed by atoms with Crippen molar-refractivity contribution in [1.82, 2.24) is 4.98 Å². The van der Waals surface area contributed by atoms with Crippen LogP contribution in [-0.2, 0) is 30.4 Å². The summed E-state index contributed by atoms with van der Waals surface area (Å²) in [6.45, 7) is 4.69. The number of carboxylic acids is 1. The fourth-order valence-electron chi connectivity index (χ4n) is 4.41. The Balaban J connectivity index is 1.54. The van der Waals surface area contributed by atoms with E-state index in [1.807, 2.05) is 31.2 Å². The van der Waals surface area contributed by atoms with E-state index < -0.39 is 30.2 Å². The molecular weight excluding hydrogens is 548 g/mol. The number of aliphatic hydroxyl groups is 1. The van der Waals surface area contributed by atoms with E-state index in [1.165, 1.54) is 31.7 Å². The molecule has 3 N–H and O–H groups in total. The topological polar surface area (TPSA) is 144 Å². The van der Waals surface area contributed by atoms with E-state index in [2.05, 4.69) is 10.3 Å². The number of carbonyl (C=O) groups is 3. The maximum absolute atomic E-state index is 12.3. The van der Waals surface area contributed by atoms with E-state index in [0.717, 1.165) is 16.7 Å². The predicted molar refractivity (Wildman–Crippen MR) is 151 cm³/mol. The lowest BCUT2D eigenvalue weighted by molar-refractivity contribution is -0.268. The number of aliphatic hydroxyl groups excluding tert-OH is 1. The number of aromatic nitrogens is 1. The van der Waals surface area contributed by atoms with E-state index in [-0.39, 0.29) is 30.3 Å². The van der Waals surface area contributed by atoms with E-state index in [9.17, 15) is 24.6 Å². The Morgan fingerprint density at radius 2 is 1.73 bits per heavy atom. The van der Waals surface area contributed by atoms with Gasteiger partial charge in [0.15, 0.2) is 12.4 Å². The first-order valence-corrected chi connectivity index (χ1v) is 14.0. The first-order chi connectivity index (χ1) is 19.7. The highest BCUT2D eigenvalue weighted by Crippen LogP contribution is 2.43.